The molecule has 0 fully saturated rings. The summed E-state index contributed by atoms with van der Waals surface area (Å²) in [5.41, 5.74) is 2.48. The fourth-order valence-corrected chi connectivity index (χ4v) is 2.61. The highest BCUT2D eigenvalue weighted by molar-refractivity contribution is 9.10. The van der Waals surface area contributed by atoms with E-state index in [1.54, 1.807) is 0 Å². The summed E-state index contributed by atoms with van der Waals surface area (Å²) in [5, 5.41) is 3.44. The summed E-state index contributed by atoms with van der Waals surface area (Å²) in [5.74, 6) is 0.946. The first-order chi connectivity index (χ1) is 10.2. The molecule has 0 radical (unpaired) electrons. The van der Waals surface area contributed by atoms with Crippen molar-refractivity contribution in [3.63, 3.8) is 0 Å². The first-order valence-corrected chi connectivity index (χ1v) is 8.13. The van der Waals surface area contributed by atoms with E-state index >= 15 is 0 Å². The van der Waals surface area contributed by atoms with Crippen LogP contribution in [0.3, 0.4) is 0 Å². The van der Waals surface area contributed by atoms with Crippen LogP contribution >= 0.6 is 15.9 Å². The van der Waals surface area contributed by atoms with Crippen molar-refractivity contribution < 1.29 is 4.74 Å². The molecule has 0 aromatic heterocycles. The fourth-order valence-electron chi connectivity index (χ4n) is 2.08. The lowest BCUT2D eigenvalue weighted by atomic mass is 10.1. The number of ether oxygens (including phenoxy) is 1. The average Bonchev–Trinajstić information content (AvgIpc) is 2.48. The van der Waals surface area contributed by atoms with Gasteiger partial charge in [0.25, 0.3) is 0 Å². The summed E-state index contributed by atoms with van der Waals surface area (Å²) < 4.78 is 7.03. The molecular formula is C18H22BrNO. The van der Waals surface area contributed by atoms with Crippen molar-refractivity contribution in [2.75, 3.05) is 6.61 Å². The van der Waals surface area contributed by atoms with Crippen LogP contribution in [-0.4, -0.2) is 12.6 Å². The number of benzene rings is 2. The van der Waals surface area contributed by atoms with Crippen molar-refractivity contribution in [2.45, 2.75) is 32.9 Å². The SMILES string of the molecule is CC(C)NCc1cccc(Br)c1OCCc1ccccc1. The van der Waals surface area contributed by atoms with Gasteiger partial charge in [-0.15, -0.1) is 0 Å². The average molecular weight is 348 g/mol. The molecule has 2 aromatic carbocycles. The highest BCUT2D eigenvalue weighted by Gasteiger charge is 2.08. The minimum absolute atomic E-state index is 0.459. The van der Waals surface area contributed by atoms with Gasteiger partial charge in [0.1, 0.15) is 5.75 Å². The molecule has 2 nitrogen and oxygen atoms in total. The Morgan fingerprint density at radius 3 is 2.52 bits per heavy atom. The van der Waals surface area contributed by atoms with E-state index in [4.69, 9.17) is 4.74 Å². The summed E-state index contributed by atoms with van der Waals surface area (Å²) in [7, 11) is 0. The van der Waals surface area contributed by atoms with E-state index in [9.17, 15) is 0 Å². The fraction of sp³-hybridized carbons (Fsp3) is 0.333. The minimum atomic E-state index is 0.459. The van der Waals surface area contributed by atoms with Crippen LogP contribution in [-0.2, 0) is 13.0 Å². The molecule has 112 valence electrons. The van der Waals surface area contributed by atoms with Crippen LogP contribution in [0, 0.1) is 0 Å². The van der Waals surface area contributed by atoms with E-state index in [-0.39, 0.29) is 0 Å². The second kappa shape index (κ2) is 8.20. The van der Waals surface area contributed by atoms with Gasteiger partial charge in [-0.2, -0.15) is 0 Å². The summed E-state index contributed by atoms with van der Waals surface area (Å²) >= 11 is 3.59. The normalized spacial score (nSPS) is 10.9. The van der Waals surface area contributed by atoms with Gasteiger partial charge in [-0.25, -0.2) is 0 Å². The second-order valence-electron chi connectivity index (χ2n) is 5.35. The highest BCUT2D eigenvalue weighted by Crippen LogP contribution is 2.29. The lowest BCUT2D eigenvalue weighted by Gasteiger charge is -2.15. The third kappa shape index (κ3) is 5.18. The molecule has 21 heavy (non-hydrogen) atoms. The Morgan fingerprint density at radius 2 is 1.81 bits per heavy atom. The zero-order valence-electron chi connectivity index (χ0n) is 12.6. The van der Waals surface area contributed by atoms with Crippen molar-refractivity contribution in [2.24, 2.45) is 0 Å². The highest BCUT2D eigenvalue weighted by atomic mass is 79.9. The van der Waals surface area contributed by atoms with Crippen LogP contribution < -0.4 is 10.1 Å². The van der Waals surface area contributed by atoms with E-state index in [1.165, 1.54) is 11.1 Å². The molecule has 0 atom stereocenters. The molecule has 0 spiro atoms. The van der Waals surface area contributed by atoms with Gasteiger partial charge >= 0.3 is 0 Å². The van der Waals surface area contributed by atoms with Crippen LogP contribution in [0.1, 0.15) is 25.0 Å². The van der Waals surface area contributed by atoms with Gasteiger partial charge in [-0.05, 0) is 27.6 Å². The number of nitrogens with one attached hydrogen (secondary N) is 1. The summed E-state index contributed by atoms with van der Waals surface area (Å²) in [4.78, 5) is 0. The van der Waals surface area contributed by atoms with E-state index in [1.807, 2.05) is 18.2 Å². The molecule has 3 heteroatoms. The second-order valence-corrected chi connectivity index (χ2v) is 6.20. The number of hydrogen-bond donors (Lipinski definition) is 1. The maximum absolute atomic E-state index is 6.02. The Hall–Kier alpha value is -1.32. The lowest BCUT2D eigenvalue weighted by molar-refractivity contribution is 0.315. The molecule has 0 saturated carbocycles. The van der Waals surface area contributed by atoms with Crippen molar-refractivity contribution in [1.82, 2.24) is 5.32 Å². The predicted molar refractivity (Wildman–Crippen MR) is 91.8 cm³/mol. The monoisotopic (exact) mass is 347 g/mol. The maximum Gasteiger partial charge on any atom is 0.137 e. The first kappa shape index (κ1) is 16.1. The van der Waals surface area contributed by atoms with Crippen LogP contribution in [0.4, 0.5) is 0 Å². The molecule has 1 N–H and O–H groups in total. The molecule has 0 aliphatic heterocycles. The Bertz CT molecular complexity index is 554. The van der Waals surface area contributed by atoms with Crippen LogP contribution in [0.2, 0.25) is 0 Å². The van der Waals surface area contributed by atoms with Crippen LogP contribution in [0.5, 0.6) is 5.75 Å². The third-order valence-electron chi connectivity index (χ3n) is 3.23. The van der Waals surface area contributed by atoms with Gasteiger partial charge in [0.05, 0.1) is 11.1 Å². The zero-order chi connectivity index (χ0) is 15.1. The van der Waals surface area contributed by atoms with Gasteiger partial charge in [0.15, 0.2) is 0 Å². The largest absolute Gasteiger partial charge is 0.492 e. The summed E-state index contributed by atoms with van der Waals surface area (Å²) in [6, 6.07) is 17.1. The number of halogens is 1. The molecule has 0 heterocycles. The zero-order valence-corrected chi connectivity index (χ0v) is 14.2. The van der Waals surface area contributed by atoms with E-state index in [0.29, 0.717) is 12.6 Å². The Morgan fingerprint density at radius 1 is 1.05 bits per heavy atom. The molecule has 2 aromatic rings. The number of para-hydroxylation sites is 1. The van der Waals surface area contributed by atoms with E-state index < -0.39 is 0 Å². The molecule has 0 saturated heterocycles. The molecule has 0 amide bonds. The number of rotatable bonds is 7. The molecular weight excluding hydrogens is 326 g/mol. The molecule has 0 aliphatic carbocycles. The van der Waals surface area contributed by atoms with Gasteiger partial charge in [-0.1, -0.05) is 56.3 Å². The van der Waals surface area contributed by atoms with Crippen molar-refractivity contribution >= 4 is 15.9 Å². The van der Waals surface area contributed by atoms with Crippen molar-refractivity contribution in [1.29, 1.82) is 0 Å². The van der Waals surface area contributed by atoms with Gasteiger partial charge in [-0.3, -0.25) is 0 Å². The Labute approximate surface area is 135 Å². The standard InChI is InChI=1S/C18H22BrNO/c1-14(2)20-13-16-9-6-10-17(19)18(16)21-12-11-15-7-4-3-5-8-15/h3-10,14,20H,11-13H2,1-2H3. The first-order valence-electron chi connectivity index (χ1n) is 7.34. The minimum Gasteiger partial charge on any atom is -0.492 e. The Kier molecular flexibility index (Phi) is 6.27. The molecule has 0 aliphatic rings. The van der Waals surface area contributed by atoms with Crippen molar-refractivity contribution in [3.8, 4) is 5.75 Å². The number of hydrogen-bond acceptors (Lipinski definition) is 2. The third-order valence-corrected chi connectivity index (χ3v) is 3.85. The summed E-state index contributed by atoms with van der Waals surface area (Å²) in [6.07, 6.45) is 0.916. The van der Waals surface area contributed by atoms with Gasteiger partial charge in [0, 0.05) is 24.6 Å². The molecule has 2 rings (SSSR count). The maximum atomic E-state index is 6.02. The Balaban J connectivity index is 1.98. The van der Waals surface area contributed by atoms with E-state index in [0.717, 1.165) is 23.2 Å². The summed E-state index contributed by atoms with van der Waals surface area (Å²) in [6.45, 7) is 5.79. The van der Waals surface area contributed by atoms with Gasteiger partial charge in [0.2, 0.25) is 0 Å². The molecule has 0 unspecified atom stereocenters. The smallest absolute Gasteiger partial charge is 0.137 e. The van der Waals surface area contributed by atoms with Crippen molar-refractivity contribution in [3.05, 3.63) is 64.1 Å². The van der Waals surface area contributed by atoms with E-state index in [2.05, 4.69) is 65.4 Å². The predicted octanol–water partition coefficient (Wildman–Crippen LogP) is 4.57. The topological polar surface area (TPSA) is 21.3 Å². The molecule has 0 bridgehead atoms. The van der Waals surface area contributed by atoms with Crippen LogP contribution in [0.15, 0.2) is 53.0 Å². The van der Waals surface area contributed by atoms with Crippen LogP contribution in [0.25, 0.3) is 0 Å². The van der Waals surface area contributed by atoms with Gasteiger partial charge < -0.3 is 10.1 Å². The lowest BCUT2D eigenvalue weighted by Crippen LogP contribution is -2.22. The quantitative estimate of drug-likeness (QED) is 0.792.